The minimum absolute atomic E-state index is 0.0218. The van der Waals surface area contributed by atoms with E-state index >= 15 is 0 Å². The van der Waals surface area contributed by atoms with Gasteiger partial charge < -0.3 is 24.3 Å². The van der Waals surface area contributed by atoms with Crippen LogP contribution in [0.15, 0.2) is 84.9 Å². The SMILES string of the molecule is COc1ccc(CN2CCN(C(=O)c3cc4cc(Oc5ccc(NC(=O)c6ccc(C(F)(F)F)cc6)c(C)n5)ccc4n3C)CC2)cc1. The number of aromatic nitrogens is 2. The summed E-state index contributed by atoms with van der Waals surface area (Å²) in [6.07, 6.45) is -4.48. The molecule has 2 amide bonds. The first-order valence-electron chi connectivity index (χ1n) is 15.4. The van der Waals surface area contributed by atoms with Gasteiger partial charge in [-0.3, -0.25) is 14.5 Å². The van der Waals surface area contributed by atoms with Crippen LogP contribution in [0, 0.1) is 6.92 Å². The molecule has 48 heavy (non-hydrogen) atoms. The van der Waals surface area contributed by atoms with E-state index in [0.29, 0.717) is 41.8 Å². The third-order valence-electron chi connectivity index (χ3n) is 8.46. The van der Waals surface area contributed by atoms with Gasteiger partial charge in [0.1, 0.15) is 17.2 Å². The lowest BCUT2D eigenvalue weighted by Gasteiger charge is -2.34. The maximum Gasteiger partial charge on any atom is 0.416 e. The average Bonchev–Trinajstić information content (AvgIpc) is 3.41. The molecule has 0 bridgehead atoms. The Morgan fingerprint density at radius 3 is 2.21 bits per heavy atom. The van der Waals surface area contributed by atoms with Gasteiger partial charge in [0, 0.05) is 62.3 Å². The lowest BCUT2D eigenvalue weighted by molar-refractivity contribution is -0.137. The summed E-state index contributed by atoms with van der Waals surface area (Å²) in [5.41, 5.74) is 2.80. The highest BCUT2D eigenvalue weighted by atomic mass is 19.4. The van der Waals surface area contributed by atoms with Crippen LogP contribution in [0.2, 0.25) is 0 Å². The Kier molecular flexibility index (Phi) is 9.09. The molecule has 12 heteroatoms. The number of ether oxygens (including phenoxy) is 2. The normalized spacial score (nSPS) is 13.8. The number of alkyl halides is 3. The summed E-state index contributed by atoms with van der Waals surface area (Å²) >= 11 is 0. The van der Waals surface area contributed by atoms with Crippen molar-refractivity contribution in [2.75, 3.05) is 38.6 Å². The topological polar surface area (TPSA) is 88.9 Å². The number of methoxy groups -OCH3 is 1. The monoisotopic (exact) mass is 657 g/mol. The quantitative estimate of drug-likeness (QED) is 0.195. The number of halogens is 3. The molecule has 9 nitrogen and oxygen atoms in total. The molecule has 1 fully saturated rings. The lowest BCUT2D eigenvalue weighted by atomic mass is 10.1. The number of anilines is 1. The largest absolute Gasteiger partial charge is 0.497 e. The standard InChI is InChI=1S/C36H34F3N5O4/c1-23-30(41-34(45)25-6-8-27(9-7-25)36(37,38)39)13-15-33(40-23)48-29-12-14-31-26(20-29)21-32(42(31)2)35(46)44-18-16-43(17-19-44)22-24-4-10-28(47-3)11-5-24/h4-15,20-21H,16-19,22H2,1-3H3,(H,41,45). The van der Waals surface area contributed by atoms with E-state index in [1.54, 1.807) is 32.2 Å². The number of hydrogen-bond acceptors (Lipinski definition) is 6. The molecule has 0 radical (unpaired) electrons. The molecule has 6 rings (SSSR count). The van der Waals surface area contributed by atoms with Crippen LogP contribution in [0.1, 0.15) is 37.7 Å². The van der Waals surface area contributed by atoms with E-state index in [0.717, 1.165) is 60.6 Å². The second-order valence-electron chi connectivity index (χ2n) is 11.6. The third kappa shape index (κ3) is 7.13. The van der Waals surface area contributed by atoms with Crippen molar-refractivity contribution in [2.45, 2.75) is 19.6 Å². The third-order valence-corrected chi connectivity index (χ3v) is 8.46. The van der Waals surface area contributed by atoms with Crippen molar-refractivity contribution in [1.29, 1.82) is 0 Å². The van der Waals surface area contributed by atoms with Gasteiger partial charge in [0.15, 0.2) is 0 Å². The molecule has 0 unspecified atom stereocenters. The van der Waals surface area contributed by atoms with Crippen molar-refractivity contribution < 1.29 is 32.2 Å². The summed E-state index contributed by atoms with van der Waals surface area (Å²) in [5.74, 6) is 1.06. The highest BCUT2D eigenvalue weighted by molar-refractivity contribution is 6.04. The molecular weight excluding hydrogens is 623 g/mol. The summed E-state index contributed by atoms with van der Waals surface area (Å²) in [5, 5.41) is 3.52. The Labute approximate surface area is 275 Å². The molecule has 2 aromatic heterocycles. The zero-order valence-electron chi connectivity index (χ0n) is 26.7. The summed E-state index contributed by atoms with van der Waals surface area (Å²) < 4.78 is 51.7. The fourth-order valence-corrected chi connectivity index (χ4v) is 5.71. The summed E-state index contributed by atoms with van der Waals surface area (Å²) in [7, 11) is 3.53. The number of nitrogens with one attached hydrogen (secondary N) is 1. The number of amides is 2. The van der Waals surface area contributed by atoms with E-state index in [2.05, 4.69) is 27.3 Å². The average molecular weight is 658 g/mol. The minimum atomic E-state index is -4.48. The number of nitrogens with zero attached hydrogens (tertiary/aromatic N) is 4. The number of fused-ring (bicyclic) bond motifs is 1. The Balaban J connectivity index is 1.07. The highest BCUT2D eigenvalue weighted by Crippen LogP contribution is 2.31. The number of pyridine rings is 1. The molecule has 3 heterocycles. The molecule has 1 N–H and O–H groups in total. The predicted octanol–water partition coefficient (Wildman–Crippen LogP) is 6.91. The van der Waals surface area contributed by atoms with Crippen LogP contribution < -0.4 is 14.8 Å². The summed E-state index contributed by atoms with van der Waals surface area (Å²) in [6, 6.07) is 22.6. The van der Waals surface area contributed by atoms with E-state index < -0.39 is 17.6 Å². The first-order chi connectivity index (χ1) is 23.0. The number of rotatable bonds is 8. The minimum Gasteiger partial charge on any atom is -0.497 e. The maximum absolute atomic E-state index is 13.5. The van der Waals surface area contributed by atoms with Crippen LogP contribution in [0.25, 0.3) is 10.9 Å². The van der Waals surface area contributed by atoms with Crippen LogP contribution in [0.5, 0.6) is 17.4 Å². The maximum atomic E-state index is 13.5. The predicted molar refractivity (Wildman–Crippen MR) is 176 cm³/mol. The van der Waals surface area contributed by atoms with Gasteiger partial charge >= 0.3 is 6.18 Å². The molecule has 1 aliphatic rings. The van der Waals surface area contributed by atoms with Crippen molar-refractivity contribution in [3.8, 4) is 17.4 Å². The van der Waals surface area contributed by atoms with Crippen LogP contribution in [0.3, 0.4) is 0 Å². The molecule has 0 spiro atoms. The fraction of sp³-hybridized carbons (Fsp3) is 0.250. The number of hydrogen-bond donors (Lipinski definition) is 1. The van der Waals surface area contributed by atoms with Crippen LogP contribution in [0.4, 0.5) is 18.9 Å². The number of piperazine rings is 1. The molecule has 0 aliphatic carbocycles. The molecule has 1 aliphatic heterocycles. The van der Waals surface area contributed by atoms with Gasteiger partial charge in [0.2, 0.25) is 5.88 Å². The number of benzene rings is 3. The molecule has 5 aromatic rings. The second kappa shape index (κ2) is 13.4. The van der Waals surface area contributed by atoms with Crippen LogP contribution in [-0.4, -0.2) is 64.5 Å². The highest BCUT2D eigenvalue weighted by Gasteiger charge is 2.30. The smallest absolute Gasteiger partial charge is 0.416 e. The molecule has 3 aromatic carbocycles. The number of carbonyl (C=O) groups is 2. The van der Waals surface area contributed by atoms with E-state index in [1.807, 2.05) is 46.8 Å². The number of carbonyl (C=O) groups excluding carboxylic acids is 2. The zero-order valence-corrected chi connectivity index (χ0v) is 26.7. The molecule has 0 atom stereocenters. The van der Waals surface area contributed by atoms with Gasteiger partial charge in [-0.25, -0.2) is 4.98 Å². The zero-order chi connectivity index (χ0) is 34.0. The van der Waals surface area contributed by atoms with Crippen molar-refractivity contribution in [1.82, 2.24) is 19.4 Å². The van der Waals surface area contributed by atoms with E-state index in [9.17, 15) is 22.8 Å². The Bertz CT molecular complexity index is 1950. The van der Waals surface area contributed by atoms with Gasteiger partial charge in [0.05, 0.1) is 24.1 Å². The van der Waals surface area contributed by atoms with E-state index in [4.69, 9.17) is 9.47 Å². The van der Waals surface area contributed by atoms with Crippen molar-refractivity contribution in [2.24, 2.45) is 7.05 Å². The van der Waals surface area contributed by atoms with Gasteiger partial charge in [-0.1, -0.05) is 12.1 Å². The Morgan fingerprint density at radius 1 is 0.875 bits per heavy atom. The van der Waals surface area contributed by atoms with Gasteiger partial charge in [-0.15, -0.1) is 0 Å². The Morgan fingerprint density at radius 2 is 1.56 bits per heavy atom. The Hall–Kier alpha value is -5.36. The van der Waals surface area contributed by atoms with E-state index in [-0.39, 0.29) is 11.5 Å². The van der Waals surface area contributed by atoms with Crippen LogP contribution in [-0.2, 0) is 19.8 Å². The van der Waals surface area contributed by atoms with Crippen molar-refractivity contribution in [3.05, 3.63) is 113 Å². The van der Waals surface area contributed by atoms with Crippen LogP contribution >= 0.6 is 0 Å². The first-order valence-corrected chi connectivity index (χ1v) is 15.4. The second-order valence-corrected chi connectivity index (χ2v) is 11.6. The van der Waals surface area contributed by atoms with Gasteiger partial charge in [0.25, 0.3) is 11.8 Å². The number of aryl methyl sites for hydroxylation is 2. The van der Waals surface area contributed by atoms with Crippen molar-refractivity contribution in [3.63, 3.8) is 0 Å². The molecular formula is C36H34F3N5O4. The summed E-state index contributed by atoms with van der Waals surface area (Å²) in [4.78, 5) is 34.8. The molecule has 1 saturated heterocycles. The molecule has 248 valence electrons. The first kappa shape index (κ1) is 32.6. The molecule has 0 saturated carbocycles. The fourth-order valence-electron chi connectivity index (χ4n) is 5.71. The van der Waals surface area contributed by atoms with Gasteiger partial charge in [-0.05, 0) is 79.2 Å². The van der Waals surface area contributed by atoms with Gasteiger partial charge in [-0.2, -0.15) is 13.2 Å². The van der Waals surface area contributed by atoms with Crippen molar-refractivity contribution >= 4 is 28.4 Å². The summed E-state index contributed by atoms with van der Waals surface area (Å²) in [6.45, 7) is 5.34. The lowest BCUT2D eigenvalue weighted by Crippen LogP contribution is -2.48. The van der Waals surface area contributed by atoms with E-state index in [1.165, 1.54) is 5.56 Å².